The number of carbonyl (C=O) groups is 1. The molecule has 0 unspecified atom stereocenters. The SMILES string of the molecule is COc1ccc(C)cc1-n1c(C)cc(/C=C2\C(=N)N3N=C(c4ccc(F)cc4)SC3=NC2=O)c1C. The number of aryl methyl sites for hydroxylation is 2. The number of halogens is 1. The van der Waals surface area contributed by atoms with Gasteiger partial charge in [-0.2, -0.15) is 15.1 Å². The Balaban J connectivity index is 1.53. The van der Waals surface area contributed by atoms with Crippen LogP contribution >= 0.6 is 11.8 Å². The zero-order chi connectivity index (χ0) is 24.9. The summed E-state index contributed by atoms with van der Waals surface area (Å²) in [6.45, 7) is 5.97. The third-order valence-electron chi connectivity index (χ3n) is 5.89. The van der Waals surface area contributed by atoms with Gasteiger partial charge in [-0.05, 0) is 92.2 Å². The minimum absolute atomic E-state index is 0.0532. The number of nitrogens with zero attached hydrogens (tertiary/aromatic N) is 4. The zero-order valence-corrected chi connectivity index (χ0v) is 20.4. The summed E-state index contributed by atoms with van der Waals surface area (Å²) < 4.78 is 20.9. The largest absolute Gasteiger partial charge is 0.495 e. The molecule has 0 fully saturated rings. The van der Waals surface area contributed by atoms with Crippen molar-refractivity contribution in [3.8, 4) is 11.4 Å². The molecule has 0 saturated carbocycles. The van der Waals surface area contributed by atoms with Crippen LogP contribution in [0.25, 0.3) is 11.8 Å². The number of nitrogens with one attached hydrogen (secondary N) is 1. The lowest BCUT2D eigenvalue weighted by molar-refractivity contribution is -0.114. The predicted molar refractivity (Wildman–Crippen MR) is 137 cm³/mol. The summed E-state index contributed by atoms with van der Waals surface area (Å²) in [5, 5.41) is 15.3. The number of thioether (sulfide) groups is 1. The quantitative estimate of drug-likeness (QED) is 0.512. The first-order valence-corrected chi connectivity index (χ1v) is 11.7. The molecule has 176 valence electrons. The lowest BCUT2D eigenvalue weighted by atomic mass is 10.1. The van der Waals surface area contributed by atoms with Crippen molar-refractivity contribution in [3.05, 3.63) is 88.0 Å². The number of hydrogen-bond acceptors (Lipinski definition) is 5. The van der Waals surface area contributed by atoms with Crippen molar-refractivity contribution in [1.82, 2.24) is 9.58 Å². The number of aromatic nitrogens is 1. The number of amidine groups is 2. The molecule has 1 aromatic heterocycles. The molecular weight excluding hydrogens is 465 g/mol. The van der Waals surface area contributed by atoms with Gasteiger partial charge in [0.05, 0.1) is 18.4 Å². The van der Waals surface area contributed by atoms with Gasteiger partial charge in [0.1, 0.15) is 16.6 Å². The molecule has 35 heavy (non-hydrogen) atoms. The number of carbonyl (C=O) groups excluding carboxylic acids is 1. The topological polar surface area (TPSA) is 83.0 Å². The van der Waals surface area contributed by atoms with Crippen LogP contribution in [0.5, 0.6) is 5.75 Å². The average molecular weight is 488 g/mol. The van der Waals surface area contributed by atoms with E-state index >= 15 is 0 Å². The van der Waals surface area contributed by atoms with Crippen LogP contribution in [0, 0.1) is 32.0 Å². The molecule has 2 aromatic carbocycles. The Hall–Kier alpha value is -3.98. The predicted octanol–water partition coefficient (Wildman–Crippen LogP) is 5.22. The molecule has 0 aliphatic carbocycles. The maximum absolute atomic E-state index is 13.3. The first-order valence-electron chi connectivity index (χ1n) is 10.9. The first kappa shape index (κ1) is 22.8. The Morgan fingerprint density at radius 1 is 1.09 bits per heavy atom. The highest BCUT2D eigenvalue weighted by Crippen LogP contribution is 2.33. The Labute approximate surface area is 206 Å². The van der Waals surface area contributed by atoms with E-state index in [0.29, 0.717) is 15.8 Å². The van der Waals surface area contributed by atoms with Crippen molar-refractivity contribution in [2.45, 2.75) is 20.8 Å². The molecule has 0 saturated heterocycles. The number of methoxy groups -OCH3 is 1. The summed E-state index contributed by atoms with van der Waals surface area (Å²) in [7, 11) is 1.64. The molecule has 0 bridgehead atoms. The molecule has 7 nitrogen and oxygen atoms in total. The Bertz CT molecular complexity index is 1480. The number of hydrogen-bond donors (Lipinski definition) is 1. The molecule has 2 aliphatic rings. The molecule has 3 heterocycles. The molecule has 1 N–H and O–H groups in total. The van der Waals surface area contributed by atoms with Gasteiger partial charge in [0.15, 0.2) is 5.84 Å². The van der Waals surface area contributed by atoms with Crippen LogP contribution in [-0.2, 0) is 4.79 Å². The van der Waals surface area contributed by atoms with Gasteiger partial charge in [0, 0.05) is 17.0 Å². The maximum atomic E-state index is 13.3. The summed E-state index contributed by atoms with van der Waals surface area (Å²) in [5.41, 5.74) is 5.51. The molecule has 5 rings (SSSR count). The van der Waals surface area contributed by atoms with E-state index in [4.69, 9.17) is 10.1 Å². The van der Waals surface area contributed by atoms with Crippen LogP contribution in [0.3, 0.4) is 0 Å². The van der Waals surface area contributed by atoms with Gasteiger partial charge in [-0.1, -0.05) is 6.07 Å². The number of ether oxygens (including phenoxy) is 1. The number of amides is 1. The minimum Gasteiger partial charge on any atom is -0.495 e. The molecule has 9 heteroatoms. The third-order valence-corrected chi connectivity index (χ3v) is 6.85. The highest BCUT2D eigenvalue weighted by molar-refractivity contribution is 8.27. The van der Waals surface area contributed by atoms with Gasteiger partial charge in [-0.15, -0.1) is 0 Å². The smallest absolute Gasteiger partial charge is 0.283 e. The van der Waals surface area contributed by atoms with Gasteiger partial charge in [-0.3, -0.25) is 10.2 Å². The monoisotopic (exact) mass is 487 g/mol. The molecule has 1 amide bonds. The van der Waals surface area contributed by atoms with Crippen LogP contribution < -0.4 is 4.74 Å². The van der Waals surface area contributed by atoms with E-state index in [2.05, 4.69) is 14.7 Å². The van der Waals surface area contributed by atoms with E-state index in [9.17, 15) is 9.18 Å². The fourth-order valence-corrected chi connectivity index (χ4v) is 5.03. The van der Waals surface area contributed by atoms with Gasteiger partial charge in [-0.25, -0.2) is 4.39 Å². The minimum atomic E-state index is -0.498. The second-order valence-electron chi connectivity index (χ2n) is 8.27. The molecule has 0 radical (unpaired) electrons. The van der Waals surface area contributed by atoms with E-state index in [1.54, 1.807) is 25.3 Å². The first-order chi connectivity index (χ1) is 16.8. The Morgan fingerprint density at radius 2 is 1.83 bits per heavy atom. The van der Waals surface area contributed by atoms with Gasteiger partial charge < -0.3 is 9.30 Å². The van der Waals surface area contributed by atoms with Crippen LogP contribution in [0.4, 0.5) is 4.39 Å². The fourth-order valence-electron chi connectivity index (χ4n) is 4.14. The van der Waals surface area contributed by atoms with Crippen molar-refractivity contribution < 1.29 is 13.9 Å². The summed E-state index contributed by atoms with van der Waals surface area (Å²) in [4.78, 5) is 17.1. The van der Waals surface area contributed by atoms with Crippen LogP contribution in [0.2, 0.25) is 0 Å². The molecule has 0 atom stereocenters. The third kappa shape index (κ3) is 3.97. The highest BCUT2D eigenvalue weighted by atomic mass is 32.2. The second-order valence-corrected chi connectivity index (χ2v) is 9.23. The van der Waals surface area contributed by atoms with E-state index in [1.807, 2.05) is 45.0 Å². The van der Waals surface area contributed by atoms with Crippen LogP contribution in [0.15, 0.2) is 64.2 Å². The molecule has 3 aromatic rings. The van der Waals surface area contributed by atoms with E-state index in [0.717, 1.165) is 34.0 Å². The van der Waals surface area contributed by atoms with Crippen molar-refractivity contribution in [3.63, 3.8) is 0 Å². The van der Waals surface area contributed by atoms with Crippen molar-refractivity contribution in [1.29, 1.82) is 5.41 Å². The van der Waals surface area contributed by atoms with Gasteiger partial charge in [0.25, 0.3) is 5.91 Å². The number of aliphatic imine (C=N–C) groups is 1. The summed E-state index contributed by atoms with van der Waals surface area (Å²) >= 11 is 1.18. The number of benzene rings is 2. The van der Waals surface area contributed by atoms with Crippen LogP contribution in [-0.4, -0.2) is 38.6 Å². The summed E-state index contributed by atoms with van der Waals surface area (Å²) in [6, 6.07) is 13.8. The number of hydrazone groups is 1. The second kappa shape index (κ2) is 8.66. The molecule has 2 aliphatic heterocycles. The van der Waals surface area contributed by atoms with Gasteiger partial charge in [0.2, 0.25) is 5.17 Å². The Kier molecular flexibility index (Phi) is 5.64. The van der Waals surface area contributed by atoms with Gasteiger partial charge >= 0.3 is 0 Å². The lowest BCUT2D eigenvalue weighted by Crippen LogP contribution is -2.35. The average Bonchev–Trinajstić information content (AvgIpc) is 3.37. The van der Waals surface area contributed by atoms with Crippen molar-refractivity contribution in [2.24, 2.45) is 10.1 Å². The Morgan fingerprint density at radius 3 is 2.54 bits per heavy atom. The lowest BCUT2D eigenvalue weighted by Gasteiger charge is -2.20. The highest BCUT2D eigenvalue weighted by Gasteiger charge is 2.36. The summed E-state index contributed by atoms with van der Waals surface area (Å²) in [5.74, 6) is -0.157. The van der Waals surface area contributed by atoms with E-state index < -0.39 is 5.91 Å². The van der Waals surface area contributed by atoms with Crippen LogP contribution in [0.1, 0.15) is 28.1 Å². The standard InChI is InChI=1S/C26H22FN5O2S/c1-14-5-10-22(34-4)21(11-14)31-15(2)12-18(16(31)3)13-20-23(28)32-26(29-24(20)33)35-25(30-32)17-6-8-19(27)9-7-17/h5-13,28H,1-4H3/b20-13+,28-23?. The molecule has 0 spiro atoms. The summed E-state index contributed by atoms with van der Waals surface area (Å²) in [6.07, 6.45) is 1.68. The van der Waals surface area contributed by atoms with E-state index in [1.165, 1.54) is 28.9 Å². The van der Waals surface area contributed by atoms with Crippen molar-refractivity contribution in [2.75, 3.05) is 7.11 Å². The number of rotatable bonds is 4. The normalized spacial score (nSPS) is 16.5. The number of fused-ring (bicyclic) bond motifs is 1. The molecular formula is C26H22FN5O2S. The maximum Gasteiger partial charge on any atom is 0.283 e. The van der Waals surface area contributed by atoms with E-state index in [-0.39, 0.29) is 17.2 Å². The zero-order valence-electron chi connectivity index (χ0n) is 19.6. The fraction of sp³-hybridized carbons (Fsp3) is 0.154. The van der Waals surface area contributed by atoms with Crippen molar-refractivity contribution >= 4 is 39.8 Å².